The number of primary amides is 1. The first-order valence-corrected chi connectivity index (χ1v) is 6.35. The Bertz CT molecular complexity index is 595. The minimum absolute atomic E-state index is 0.127. The van der Waals surface area contributed by atoms with E-state index in [-0.39, 0.29) is 12.5 Å². The Hall–Kier alpha value is -2.56. The number of anilines is 2. The Morgan fingerprint density at radius 1 is 1.25 bits per heavy atom. The van der Waals surface area contributed by atoms with Gasteiger partial charge in [0.2, 0.25) is 5.91 Å². The molecule has 1 heterocycles. The molecule has 0 bridgehead atoms. The van der Waals surface area contributed by atoms with Gasteiger partial charge in [-0.15, -0.1) is 0 Å². The maximum absolute atomic E-state index is 11.3. The van der Waals surface area contributed by atoms with Crippen molar-refractivity contribution in [1.29, 1.82) is 0 Å². The number of nitrogen functional groups attached to an aromatic ring is 1. The smallest absolute Gasteiger partial charge is 0.237 e. The van der Waals surface area contributed by atoms with E-state index in [2.05, 4.69) is 4.98 Å². The first-order valence-electron chi connectivity index (χ1n) is 6.35. The molecule has 0 fully saturated rings. The third kappa shape index (κ3) is 3.47. The molecular weight excluding hydrogens is 252 g/mol. The van der Waals surface area contributed by atoms with Gasteiger partial charge < -0.3 is 16.4 Å². The van der Waals surface area contributed by atoms with Gasteiger partial charge in [-0.25, -0.2) is 4.98 Å². The van der Waals surface area contributed by atoms with Crippen molar-refractivity contribution in [2.75, 3.05) is 17.2 Å². The number of hydrogen-bond acceptors (Lipinski definition) is 4. The summed E-state index contributed by atoms with van der Waals surface area (Å²) in [6, 6.07) is 11.4. The van der Waals surface area contributed by atoms with Gasteiger partial charge in [0.05, 0.1) is 6.54 Å². The molecule has 0 spiro atoms. The van der Waals surface area contributed by atoms with Gasteiger partial charge in [-0.3, -0.25) is 4.79 Å². The van der Waals surface area contributed by atoms with Gasteiger partial charge in [0.15, 0.2) is 0 Å². The van der Waals surface area contributed by atoms with Gasteiger partial charge in [0.1, 0.15) is 5.82 Å². The van der Waals surface area contributed by atoms with Crippen LogP contribution >= 0.6 is 0 Å². The summed E-state index contributed by atoms with van der Waals surface area (Å²) in [4.78, 5) is 17.5. The Morgan fingerprint density at radius 3 is 2.55 bits per heavy atom. The third-order valence-corrected chi connectivity index (χ3v) is 2.98. The highest BCUT2D eigenvalue weighted by molar-refractivity contribution is 5.79. The molecule has 1 aromatic heterocycles. The lowest BCUT2D eigenvalue weighted by Gasteiger charge is -2.23. The number of benzene rings is 1. The molecule has 0 aliphatic rings. The molecule has 5 nitrogen and oxygen atoms in total. The van der Waals surface area contributed by atoms with Crippen LogP contribution in [0.1, 0.15) is 11.1 Å². The van der Waals surface area contributed by atoms with E-state index in [1.807, 2.05) is 48.2 Å². The summed E-state index contributed by atoms with van der Waals surface area (Å²) >= 11 is 0. The van der Waals surface area contributed by atoms with Crippen LogP contribution in [0, 0.1) is 6.92 Å². The summed E-state index contributed by atoms with van der Waals surface area (Å²) in [6.45, 7) is 2.64. The number of nitrogens with two attached hydrogens (primary N) is 2. The second-order valence-corrected chi connectivity index (χ2v) is 4.71. The highest BCUT2D eigenvalue weighted by Crippen LogP contribution is 2.18. The van der Waals surface area contributed by atoms with Crippen LogP contribution in [-0.2, 0) is 11.3 Å². The molecule has 0 unspecified atom stereocenters. The maximum atomic E-state index is 11.3. The molecule has 0 saturated heterocycles. The minimum atomic E-state index is -0.384. The standard InChI is InChI=1S/C15H18N4O/c1-11-3-2-8-18-15(11)19(10-14(17)20)9-12-4-6-13(16)7-5-12/h2-8H,9-10,16H2,1H3,(H2,17,20). The summed E-state index contributed by atoms with van der Waals surface area (Å²) in [6.07, 6.45) is 1.71. The average molecular weight is 270 g/mol. The molecule has 2 aromatic rings. The van der Waals surface area contributed by atoms with E-state index in [0.717, 1.165) is 16.9 Å². The van der Waals surface area contributed by atoms with Gasteiger partial charge in [0, 0.05) is 18.4 Å². The Kier molecular flexibility index (Phi) is 4.20. The normalized spacial score (nSPS) is 10.2. The van der Waals surface area contributed by atoms with Gasteiger partial charge in [0.25, 0.3) is 0 Å². The number of aryl methyl sites for hydroxylation is 1. The van der Waals surface area contributed by atoms with E-state index in [0.29, 0.717) is 12.2 Å². The lowest BCUT2D eigenvalue weighted by molar-refractivity contribution is -0.116. The van der Waals surface area contributed by atoms with Crippen molar-refractivity contribution in [3.8, 4) is 0 Å². The van der Waals surface area contributed by atoms with E-state index < -0.39 is 0 Å². The number of carbonyl (C=O) groups excluding carboxylic acids is 1. The van der Waals surface area contributed by atoms with Crippen LogP contribution in [0.3, 0.4) is 0 Å². The van der Waals surface area contributed by atoms with Crippen LogP contribution in [0.15, 0.2) is 42.6 Å². The van der Waals surface area contributed by atoms with Crippen LogP contribution in [0.2, 0.25) is 0 Å². The SMILES string of the molecule is Cc1cccnc1N(CC(N)=O)Cc1ccc(N)cc1. The van der Waals surface area contributed by atoms with Crippen LogP contribution in [0.4, 0.5) is 11.5 Å². The van der Waals surface area contributed by atoms with Gasteiger partial charge in [-0.2, -0.15) is 0 Å². The average Bonchev–Trinajstić information content (AvgIpc) is 2.41. The fourth-order valence-corrected chi connectivity index (χ4v) is 2.05. The molecule has 0 aliphatic heterocycles. The van der Waals surface area contributed by atoms with Crippen molar-refractivity contribution in [2.24, 2.45) is 5.73 Å². The molecule has 0 saturated carbocycles. The summed E-state index contributed by atoms with van der Waals surface area (Å²) in [5.74, 6) is 0.383. The van der Waals surface area contributed by atoms with Crippen molar-refractivity contribution < 1.29 is 4.79 Å². The van der Waals surface area contributed by atoms with Crippen LogP contribution in [0.5, 0.6) is 0 Å². The maximum Gasteiger partial charge on any atom is 0.237 e. The number of nitrogens with zero attached hydrogens (tertiary/aromatic N) is 2. The lowest BCUT2D eigenvalue weighted by atomic mass is 10.2. The van der Waals surface area contributed by atoms with Crippen molar-refractivity contribution in [3.63, 3.8) is 0 Å². The first kappa shape index (κ1) is 13.9. The topological polar surface area (TPSA) is 85.2 Å². The number of rotatable bonds is 5. The van der Waals surface area contributed by atoms with E-state index in [1.165, 1.54) is 0 Å². The van der Waals surface area contributed by atoms with E-state index in [4.69, 9.17) is 11.5 Å². The predicted molar refractivity (Wildman–Crippen MR) is 80.1 cm³/mol. The number of amides is 1. The predicted octanol–water partition coefficient (Wildman–Crippen LogP) is 1.46. The highest BCUT2D eigenvalue weighted by atomic mass is 16.1. The Morgan fingerprint density at radius 2 is 1.95 bits per heavy atom. The van der Waals surface area contributed by atoms with Gasteiger partial charge in [-0.05, 0) is 36.2 Å². The molecule has 1 amide bonds. The largest absolute Gasteiger partial charge is 0.399 e. The first-order chi connectivity index (χ1) is 9.56. The van der Waals surface area contributed by atoms with E-state index in [9.17, 15) is 4.79 Å². The zero-order chi connectivity index (χ0) is 14.5. The molecule has 4 N–H and O–H groups in total. The summed E-state index contributed by atoms with van der Waals surface area (Å²) in [5.41, 5.74) is 13.8. The van der Waals surface area contributed by atoms with Crippen LogP contribution in [-0.4, -0.2) is 17.4 Å². The minimum Gasteiger partial charge on any atom is -0.399 e. The summed E-state index contributed by atoms with van der Waals surface area (Å²) in [5, 5.41) is 0. The molecule has 1 aromatic carbocycles. The van der Waals surface area contributed by atoms with E-state index in [1.54, 1.807) is 6.20 Å². The quantitative estimate of drug-likeness (QED) is 0.805. The Labute approximate surface area is 118 Å². The monoisotopic (exact) mass is 270 g/mol. The third-order valence-electron chi connectivity index (χ3n) is 2.98. The zero-order valence-corrected chi connectivity index (χ0v) is 11.4. The van der Waals surface area contributed by atoms with Crippen molar-refractivity contribution >= 4 is 17.4 Å². The fraction of sp³-hybridized carbons (Fsp3) is 0.200. The molecule has 2 rings (SSSR count). The molecule has 0 radical (unpaired) electrons. The van der Waals surface area contributed by atoms with Crippen molar-refractivity contribution in [2.45, 2.75) is 13.5 Å². The molecule has 104 valence electrons. The zero-order valence-electron chi connectivity index (χ0n) is 11.4. The van der Waals surface area contributed by atoms with Crippen molar-refractivity contribution in [3.05, 3.63) is 53.7 Å². The number of aromatic nitrogens is 1. The molecule has 0 atom stereocenters. The lowest BCUT2D eigenvalue weighted by Crippen LogP contribution is -2.34. The number of carbonyl (C=O) groups is 1. The molecule has 20 heavy (non-hydrogen) atoms. The second-order valence-electron chi connectivity index (χ2n) is 4.71. The van der Waals surface area contributed by atoms with E-state index >= 15 is 0 Å². The number of pyridine rings is 1. The summed E-state index contributed by atoms with van der Waals surface area (Å²) < 4.78 is 0. The number of hydrogen-bond donors (Lipinski definition) is 2. The summed E-state index contributed by atoms with van der Waals surface area (Å²) in [7, 11) is 0. The van der Waals surface area contributed by atoms with Crippen LogP contribution in [0.25, 0.3) is 0 Å². The van der Waals surface area contributed by atoms with Crippen LogP contribution < -0.4 is 16.4 Å². The molecule has 0 aliphatic carbocycles. The molecule has 5 heteroatoms. The molecular formula is C15H18N4O. The fourth-order valence-electron chi connectivity index (χ4n) is 2.05. The van der Waals surface area contributed by atoms with Gasteiger partial charge >= 0.3 is 0 Å². The Balaban J connectivity index is 2.26. The van der Waals surface area contributed by atoms with Crippen molar-refractivity contribution in [1.82, 2.24) is 4.98 Å². The second kappa shape index (κ2) is 6.06. The van der Waals surface area contributed by atoms with Gasteiger partial charge in [-0.1, -0.05) is 18.2 Å². The highest BCUT2D eigenvalue weighted by Gasteiger charge is 2.13.